The standard InChI is InChI=1S/C10H7F3N2O2/c1-17-8(16)7-6-4-2-3-5-15(6)9(14-7)10(11,12)13/h2-5H,1H3. The summed E-state index contributed by atoms with van der Waals surface area (Å²) in [5, 5.41) is 0. The minimum atomic E-state index is -4.63. The molecule has 0 aliphatic heterocycles. The van der Waals surface area contributed by atoms with Crippen LogP contribution in [0, 0.1) is 0 Å². The second-order valence-electron chi connectivity index (χ2n) is 3.23. The lowest BCUT2D eigenvalue weighted by molar-refractivity contribution is -0.145. The predicted molar refractivity (Wildman–Crippen MR) is 51.5 cm³/mol. The monoisotopic (exact) mass is 244 g/mol. The highest BCUT2D eigenvalue weighted by molar-refractivity contribution is 5.95. The molecule has 0 bridgehead atoms. The van der Waals surface area contributed by atoms with Crippen LogP contribution in [0.25, 0.3) is 5.52 Å². The van der Waals surface area contributed by atoms with E-state index in [4.69, 9.17) is 0 Å². The quantitative estimate of drug-likeness (QED) is 0.722. The van der Waals surface area contributed by atoms with E-state index >= 15 is 0 Å². The molecule has 2 aromatic rings. The van der Waals surface area contributed by atoms with Gasteiger partial charge in [-0.2, -0.15) is 13.2 Å². The number of nitrogens with zero attached hydrogens (tertiary/aromatic N) is 2. The first-order valence-electron chi connectivity index (χ1n) is 4.57. The average molecular weight is 244 g/mol. The van der Waals surface area contributed by atoms with Gasteiger partial charge < -0.3 is 4.74 Å². The van der Waals surface area contributed by atoms with Crippen molar-refractivity contribution in [1.29, 1.82) is 0 Å². The summed E-state index contributed by atoms with van der Waals surface area (Å²) < 4.78 is 43.2. The van der Waals surface area contributed by atoms with Crippen LogP contribution in [-0.2, 0) is 10.9 Å². The van der Waals surface area contributed by atoms with Crippen LogP contribution in [0.5, 0.6) is 0 Å². The average Bonchev–Trinajstić information content (AvgIpc) is 2.67. The van der Waals surface area contributed by atoms with Gasteiger partial charge in [-0.3, -0.25) is 4.40 Å². The molecule has 0 aliphatic carbocycles. The SMILES string of the molecule is COC(=O)c1nc(C(F)(F)F)n2ccccc12. The Morgan fingerprint density at radius 2 is 2.12 bits per heavy atom. The van der Waals surface area contributed by atoms with Gasteiger partial charge in [0.15, 0.2) is 5.69 Å². The molecule has 0 saturated heterocycles. The Balaban J connectivity index is 2.76. The van der Waals surface area contributed by atoms with Crippen molar-refractivity contribution >= 4 is 11.5 Å². The van der Waals surface area contributed by atoms with Gasteiger partial charge in [0.2, 0.25) is 5.82 Å². The number of aromatic nitrogens is 2. The summed E-state index contributed by atoms with van der Waals surface area (Å²) in [6.07, 6.45) is -3.44. The Hall–Kier alpha value is -2.05. The van der Waals surface area contributed by atoms with E-state index in [0.717, 1.165) is 11.5 Å². The largest absolute Gasteiger partial charge is 0.464 e. The maximum atomic E-state index is 12.7. The lowest BCUT2D eigenvalue weighted by Crippen LogP contribution is -2.10. The van der Waals surface area contributed by atoms with Crippen molar-refractivity contribution < 1.29 is 22.7 Å². The first-order chi connectivity index (χ1) is 7.95. The summed E-state index contributed by atoms with van der Waals surface area (Å²) in [5.74, 6) is -2.04. The zero-order valence-corrected chi connectivity index (χ0v) is 8.65. The number of esters is 1. The molecule has 0 fully saturated rings. The van der Waals surface area contributed by atoms with Gasteiger partial charge in [0.05, 0.1) is 12.6 Å². The van der Waals surface area contributed by atoms with Gasteiger partial charge in [-0.25, -0.2) is 9.78 Å². The van der Waals surface area contributed by atoms with Crippen molar-refractivity contribution in [2.45, 2.75) is 6.18 Å². The zero-order valence-electron chi connectivity index (χ0n) is 8.65. The Kier molecular flexibility index (Phi) is 2.53. The van der Waals surface area contributed by atoms with Crippen LogP contribution < -0.4 is 0 Å². The minimum Gasteiger partial charge on any atom is -0.464 e. The van der Waals surface area contributed by atoms with E-state index in [1.54, 1.807) is 0 Å². The third kappa shape index (κ3) is 1.83. The van der Waals surface area contributed by atoms with Gasteiger partial charge in [0.1, 0.15) is 0 Å². The second kappa shape index (κ2) is 3.76. The molecule has 2 aromatic heterocycles. The number of pyridine rings is 1. The van der Waals surface area contributed by atoms with Gasteiger partial charge in [-0.05, 0) is 12.1 Å². The van der Waals surface area contributed by atoms with Crippen LogP contribution in [-0.4, -0.2) is 22.5 Å². The molecule has 0 radical (unpaired) electrons. The molecule has 0 amide bonds. The highest BCUT2D eigenvalue weighted by Crippen LogP contribution is 2.30. The molecule has 0 N–H and O–H groups in total. The molecule has 4 nitrogen and oxygen atoms in total. The van der Waals surface area contributed by atoms with Crippen molar-refractivity contribution in [3.05, 3.63) is 35.9 Å². The van der Waals surface area contributed by atoms with E-state index in [1.165, 1.54) is 24.4 Å². The van der Waals surface area contributed by atoms with Crippen molar-refractivity contribution in [2.75, 3.05) is 7.11 Å². The van der Waals surface area contributed by atoms with Crippen LogP contribution in [0.15, 0.2) is 24.4 Å². The smallest absolute Gasteiger partial charge is 0.450 e. The first kappa shape index (κ1) is 11.4. The fourth-order valence-electron chi connectivity index (χ4n) is 1.48. The number of carbonyl (C=O) groups is 1. The summed E-state index contributed by atoms with van der Waals surface area (Å²) in [6, 6.07) is 4.31. The number of ether oxygens (including phenoxy) is 1. The Morgan fingerprint density at radius 3 is 2.71 bits per heavy atom. The molecule has 2 heterocycles. The third-order valence-corrected chi connectivity index (χ3v) is 2.18. The number of rotatable bonds is 1. The Labute approximate surface area is 93.6 Å². The number of hydrogen-bond donors (Lipinski definition) is 0. The fourth-order valence-corrected chi connectivity index (χ4v) is 1.48. The molecule has 0 spiro atoms. The molecule has 2 rings (SSSR count). The number of methoxy groups -OCH3 is 1. The second-order valence-corrected chi connectivity index (χ2v) is 3.23. The maximum Gasteiger partial charge on any atom is 0.450 e. The summed E-state index contributed by atoms with van der Waals surface area (Å²) in [4.78, 5) is 14.6. The van der Waals surface area contributed by atoms with Crippen molar-refractivity contribution in [2.24, 2.45) is 0 Å². The van der Waals surface area contributed by atoms with Crippen LogP contribution in [0.1, 0.15) is 16.3 Å². The number of imidazole rings is 1. The van der Waals surface area contributed by atoms with Crippen molar-refractivity contribution in [3.63, 3.8) is 0 Å². The third-order valence-electron chi connectivity index (χ3n) is 2.18. The topological polar surface area (TPSA) is 43.6 Å². The lowest BCUT2D eigenvalue weighted by atomic mass is 10.3. The summed E-state index contributed by atoms with van der Waals surface area (Å²) in [6.45, 7) is 0. The zero-order chi connectivity index (χ0) is 12.6. The molecule has 0 atom stereocenters. The molecule has 0 saturated carbocycles. The van der Waals surface area contributed by atoms with E-state index in [1.807, 2.05) is 0 Å². The molecule has 90 valence electrons. The summed E-state index contributed by atoms with van der Waals surface area (Å²) >= 11 is 0. The molecule has 17 heavy (non-hydrogen) atoms. The lowest BCUT2D eigenvalue weighted by Gasteiger charge is -2.03. The summed E-state index contributed by atoms with van der Waals surface area (Å²) in [5.41, 5.74) is -0.285. The Morgan fingerprint density at radius 1 is 1.41 bits per heavy atom. The highest BCUT2D eigenvalue weighted by atomic mass is 19.4. The number of alkyl halides is 3. The van der Waals surface area contributed by atoms with Gasteiger partial charge in [0.25, 0.3) is 0 Å². The van der Waals surface area contributed by atoms with Crippen LogP contribution in [0.2, 0.25) is 0 Å². The van der Waals surface area contributed by atoms with E-state index < -0.39 is 18.0 Å². The van der Waals surface area contributed by atoms with E-state index in [-0.39, 0.29) is 11.2 Å². The molecular formula is C10H7F3N2O2. The van der Waals surface area contributed by atoms with Crippen LogP contribution in [0.4, 0.5) is 13.2 Å². The van der Waals surface area contributed by atoms with Crippen LogP contribution in [0.3, 0.4) is 0 Å². The van der Waals surface area contributed by atoms with Crippen molar-refractivity contribution in [1.82, 2.24) is 9.38 Å². The predicted octanol–water partition coefficient (Wildman–Crippen LogP) is 2.14. The minimum absolute atomic E-state index is 0.0617. The summed E-state index contributed by atoms with van der Waals surface area (Å²) in [7, 11) is 1.09. The van der Waals surface area contributed by atoms with E-state index in [9.17, 15) is 18.0 Å². The first-order valence-corrected chi connectivity index (χ1v) is 4.57. The number of carbonyl (C=O) groups excluding carboxylic acids is 1. The van der Waals surface area contributed by atoms with Crippen molar-refractivity contribution in [3.8, 4) is 0 Å². The van der Waals surface area contributed by atoms with E-state index in [0.29, 0.717) is 0 Å². The highest BCUT2D eigenvalue weighted by Gasteiger charge is 2.38. The number of halogens is 3. The Bertz CT molecular complexity index is 574. The maximum absolute atomic E-state index is 12.7. The van der Waals surface area contributed by atoms with Gasteiger partial charge in [-0.15, -0.1) is 0 Å². The fraction of sp³-hybridized carbons (Fsp3) is 0.200. The molecule has 0 aliphatic rings. The normalized spacial score (nSPS) is 11.8. The van der Waals surface area contributed by atoms with E-state index in [2.05, 4.69) is 9.72 Å². The van der Waals surface area contributed by atoms with Gasteiger partial charge >= 0.3 is 12.1 Å². The van der Waals surface area contributed by atoms with Gasteiger partial charge in [-0.1, -0.05) is 6.07 Å². The molecule has 0 aromatic carbocycles. The molecule has 0 unspecified atom stereocenters. The molecule has 7 heteroatoms. The van der Waals surface area contributed by atoms with Gasteiger partial charge in [0, 0.05) is 6.20 Å². The number of hydrogen-bond acceptors (Lipinski definition) is 3. The van der Waals surface area contributed by atoms with Crippen LogP contribution >= 0.6 is 0 Å². The molecular weight excluding hydrogens is 237 g/mol. The number of fused-ring (bicyclic) bond motifs is 1.